The van der Waals surface area contributed by atoms with Gasteiger partial charge in [0.25, 0.3) is 0 Å². The predicted octanol–water partition coefficient (Wildman–Crippen LogP) is 1.97. The van der Waals surface area contributed by atoms with Crippen molar-refractivity contribution in [3.63, 3.8) is 0 Å². The second-order valence-corrected chi connectivity index (χ2v) is 7.17. The molecule has 108 valence electrons. The Hall–Kier alpha value is -0.880. The minimum absolute atomic E-state index is 0.258. The van der Waals surface area contributed by atoms with Crippen LogP contribution < -0.4 is 4.72 Å². The molecule has 0 radical (unpaired) electrons. The molecule has 6 heteroatoms. The third-order valence-electron chi connectivity index (χ3n) is 3.70. The summed E-state index contributed by atoms with van der Waals surface area (Å²) in [7, 11) is -3.19. The van der Waals surface area contributed by atoms with E-state index in [0.717, 1.165) is 37.8 Å². The lowest BCUT2D eigenvalue weighted by Gasteiger charge is -2.21. The molecule has 1 heterocycles. The van der Waals surface area contributed by atoms with Crippen LogP contribution in [-0.4, -0.2) is 24.1 Å². The van der Waals surface area contributed by atoms with E-state index in [1.165, 1.54) is 6.42 Å². The van der Waals surface area contributed by atoms with Crippen LogP contribution in [0.15, 0.2) is 6.20 Å². The zero-order chi connectivity index (χ0) is 13.7. The van der Waals surface area contributed by atoms with E-state index in [9.17, 15) is 8.42 Å². The van der Waals surface area contributed by atoms with Gasteiger partial charge in [-0.25, -0.2) is 18.1 Å². The quantitative estimate of drug-likeness (QED) is 0.839. The van der Waals surface area contributed by atoms with E-state index in [2.05, 4.69) is 14.7 Å². The summed E-state index contributed by atoms with van der Waals surface area (Å²) in [4.78, 5) is 7.26. The standard InChI is InChI=1S/C13H23N3O2S/c1-2-12-8-14-13(16-12)9-15-19(17,18)10-11-6-4-3-5-7-11/h8,11,15H,2-7,9-10H2,1H3,(H,14,16). The number of aryl methyl sites for hydroxylation is 1. The van der Waals surface area contributed by atoms with E-state index in [-0.39, 0.29) is 12.3 Å². The van der Waals surface area contributed by atoms with Gasteiger partial charge < -0.3 is 4.98 Å². The fourth-order valence-corrected chi connectivity index (χ4v) is 4.01. The Bertz CT molecular complexity index is 490. The molecule has 19 heavy (non-hydrogen) atoms. The molecule has 2 N–H and O–H groups in total. The Labute approximate surface area is 115 Å². The maximum Gasteiger partial charge on any atom is 0.212 e. The number of imidazole rings is 1. The van der Waals surface area contributed by atoms with E-state index in [1.54, 1.807) is 6.20 Å². The molecule has 0 aromatic carbocycles. The third kappa shape index (κ3) is 4.62. The molecular weight excluding hydrogens is 262 g/mol. The van der Waals surface area contributed by atoms with Gasteiger partial charge in [0.2, 0.25) is 10.0 Å². The number of sulfonamides is 1. The highest BCUT2D eigenvalue weighted by molar-refractivity contribution is 7.89. The smallest absolute Gasteiger partial charge is 0.212 e. The van der Waals surface area contributed by atoms with Crippen molar-refractivity contribution in [1.29, 1.82) is 0 Å². The third-order valence-corrected chi connectivity index (χ3v) is 5.20. The lowest BCUT2D eigenvalue weighted by atomic mass is 9.91. The van der Waals surface area contributed by atoms with Crippen molar-refractivity contribution >= 4 is 10.0 Å². The zero-order valence-corrected chi connectivity index (χ0v) is 12.3. The Morgan fingerprint density at radius 3 is 2.74 bits per heavy atom. The molecule has 0 amide bonds. The average Bonchev–Trinajstić information content (AvgIpc) is 2.85. The SMILES string of the molecule is CCc1cnc(CNS(=O)(=O)CC2CCCCC2)[nH]1. The van der Waals surface area contributed by atoms with Gasteiger partial charge in [0.05, 0.1) is 12.3 Å². The van der Waals surface area contributed by atoms with E-state index in [0.29, 0.717) is 11.7 Å². The number of H-pyrrole nitrogens is 1. The van der Waals surface area contributed by atoms with Gasteiger partial charge in [0, 0.05) is 11.9 Å². The van der Waals surface area contributed by atoms with Crippen LogP contribution >= 0.6 is 0 Å². The molecule has 1 aliphatic carbocycles. The van der Waals surface area contributed by atoms with Gasteiger partial charge in [-0.2, -0.15) is 0 Å². The van der Waals surface area contributed by atoms with Crippen molar-refractivity contribution in [2.75, 3.05) is 5.75 Å². The normalized spacial score (nSPS) is 17.7. The molecule has 1 fully saturated rings. The Balaban J connectivity index is 1.83. The van der Waals surface area contributed by atoms with Gasteiger partial charge in [0.1, 0.15) is 5.82 Å². The zero-order valence-electron chi connectivity index (χ0n) is 11.5. The van der Waals surface area contributed by atoms with Crippen LogP contribution in [0.25, 0.3) is 0 Å². The number of nitrogens with zero attached hydrogens (tertiary/aromatic N) is 1. The monoisotopic (exact) mass is 285 g/mol. The molecule has 0 atom stereocenters. The molecule has 0 spiro atoms. The van der Waals surface area contributed by atoms with Crippen molar-refractivity contribution < 1.29 is 8.42 Å². The minimum atomic E-state index is -3.19. The Kier molecular flexibility index (Phi) is 4.99. The minimum Gasteiger partial charge on any atom is -0.345 e. The summed E-state index contributed by atoms with van der Waals surface area (Å²) in [6.45, 7) is 2.29. The lowest BCUT2D eigenvalue weighted by molar-refractivity contribution is 0.384. The van der Waals surface area contributed by atoms with Gasteiger partial charge in [-0.05, 0) is 25.2 Å². The van der Waals surface area contributed by atoms with E-state index in [1.807, 2.05) is 6.92 Å². The number of aromatic nitrogens is 2. The van der Waals surface area contributed by atoms with Crippen molar-refractivity contribution in [3.05, 3.63) is 17.7 Å². The Morgan fingerprint density at radius 2 is 2.11 bits per heavy atom. The first kappa shape index (κ1) is 14.5. The largest absolute Gasteiger partial charge is 0.345 e. The molecule has 5 nitrogen and oxygen atoms in total. The molecule has 2 rings (SSSR count). The lowest BCUT2D eigenvalue weighted by Crippen LogP contribution is -2.30. The number of nitrogens with one attached hydrogen (secondary N) is 2. The van der Waals surface area contributed by atoms with Crippen molar-refractivity contribution in [1.82, 2.24) is 14.7 Å². The first-order chi connectivity index (χ1) is 9.09. The molecule has 0 bridgehead atoms. The summed E-state index contributed by atoms with van der Waals surface area (Å²) < 4.78 is 26.6. The maximum atomic E-state index is 12.0. The van der Waals surface area contributed by atoms with Crippen molar-refractivity contribution in [2.45, 2.75) is 52.0 Å². The van der Waals surface area contributed by atoms with Crippen LogP contribution in [-0.2, 0) is 23.0 Å². The van der Waals surface area contributed by atoms with Gasteiger partial charge in [0.15, 0.2) is 0 Å². The fourth-order valence-electron chi connectivity index (χ4n) is 2.58. The number of aromatic amines is 1. The van der Waals surface area contributed by atoms with Crippen LogP contribution in [0, 0.1) is 5.92 Å². The molecule has 1 aromatic rings. The van der Waals surface area contributed by atoms with Gasteiger partial charge in [-0.3, -0.25) is 0 Å². The number of hydrogen-bond acceptors (Lipinski definition) is 3. The maximum absolute atomic E-state index is 12.0. The predicted molar refractivity (Wildman–Crippen MR) is 75.2 cm³/mol. The number of rotatable bonds is 6. The molecule has 0 unspecified atom stereocenters. The average molecular weight is 285 g/mol. The highest BCUT2D eigenvalue weighted by atomic mass is 32.2. The molecular formula is C13H23N3O2S. The summed E-state index contributed by atoms with van der Waals surface area (Å²) in [5.41, 5.74) is 1.03. The molecule has 1 aromatic heterocycles. The Morgan fingerprint density at radius 1 is 1.37 bits per heavy atom. The summed E-state index contributed by atoms with van der Waals surface area (Å²) in [6, 6.07) is 0. The summed E-state index contributed by atoms with van der Waals surface area (Å²) in [5, 5.41) is 0. The van der Waals surface area contributed by atoms with E-state index in [4.69, 9.17) is 0 Å². The van der Waals surface area contributed by atoms with Crippen LogP contribution in [0.1, 0.15) is 50.5 Å². The van der Waals surface area contributed by atoms with E-state index >= 15 is 0 Å². The molecule has 1 aliphatic rings. The summed E-state index contributed by atoms with van der Waals surface area (Å²) >= 11 is 0. The first-order valence-electron chi connectivity index (χ1n) is 7.09. The van der Waals surface area contributed by atoms with Gasteiger partial charge in [-0.1, -0.05) is 26.2 Å². The topological polar surface area (TPSA) is 74.8 Å². The molecule has 0 saturated heterocycles. The second kappa shape index (κ2) is 6.52. The number of hydrogen-bond donors (Lipinski definition) is 2. The second-order valence-electron chi connectivity index (χ2n) is 5.32. The van der Waals surface area contributed by atoms with Gasteiger partial charge in [-0.15, -0.1) is 0 Å². The first-order valence-corrected chi connectivity index (χ1v) is 8.74. The summed E-state index contributed by atoms with van der Waals surface area (Å²) in [6.07, 6.45) is 8.29. The van der Waals surface area contributed by atoms with Crippen LogP contribution in [0.5, 0.6) is 0 Å². The van der Waals surface area contributed by atoms with E-state index < -0.39 is 10.0 Å². The highest BCUT2D eigenvalue weighted by Gasteiger charge is 2.21. The van der Waals surface area contributed by atoms with Crippen LogP contribution in [0.4, 0.5) is 0 Å². The van der Waals surface area contributed by atoms with Gasteiger partial charge >= 0.3 is 0 Å². The van der Waals surface area contributed by atoms with Crippen molar-refractivity contribution in [3.8, 4) is 0 Å². The van der Waals surface area contributed by atoms with Crippen LogP contribution in [0.2, 0.25) is 0 Å². The fraction of sp³-hybridized carbons (Fsp3) is 0.769. The highest BCUT2D eigenvalue weighted by Crippen LogP contribution is 2.24. The molecule has 0 aliphatic heterocycles. The van der Waals surface area contributed by atoms with Crippen LogP contribution in [0.3, 0.4) is 0 Å². The molecule has 1 saturated carbocycles. The van der Waals surface area contributed by atoms with Crippen molar-refractivity contribution in [2.24, 2.45) is 5.92 Å². The summed E-state index contributed by atoms with van der Waals surface area (Å²) in [5.74, 6) is 1.27.